The van der Waals surface area contributed by atoms with Gasteiger partial charge in [-0.1, -0.05) is 0 Å². The molecule has 88 valence electrons. The summed E-state index contributed by atoms with van der Waals surface area (Å²) in [7, 11) is 0. The van der Waals surface area contributed by atoms with Gasteiger partial charge in [-0.3, -0.25) is 4.90 Å². The van der Waals surface area contributed by atoms with E-state index in [1.54, 1.807) is 0 Å². The number of nitrogens with zero attached hydrogens (tertiary/aromatic N) is 1. The maximum atomic E-state index is 6.04. The second-order valence-corrected chi connectivity index (χ2v) is 5.59. The normalized spacial score (nSPS) is 37.0. The summed E-state index contributed by atoms with van der Waals surface area (Å²) in [5.74, 6) is 0. The molecule has 0 bridgehead atoms. The van der Waals surface area contributed by atoms with E-state index in [-0.39, 0.29) is 5.60 Å². The van der Waals surface area contributed by atoms with E-state index in [2.05, 4.69) is 31.0 Å². The van der Waals surface area contributed by atoms with Crippen LogP contribution in [0.4, 0.5) is 0 Å². The Hall–Kier alpha value is -0.120. The van der Waals surface area contributed by atoms with Crippen molar-refractivity contribution < 1.29 is 4.74 Å². The molecule has 2 heterocycles. The number of nitrogens with one attached hydrogen (secondary N) is 1. The molecule has 2 fully saturated rings. The fourth-order valence-electron chi connectivity index (χ4n) is 2.62. The average Bonchev–Trinajstić information content (AvgIpc) is 2.50. The molecule has 2 unspecified atom stereocenters. The van der Waals surface area contributed by atoms with E-state index in [1.165, 1.54) is 19.4 Å². The Morgan fingerprint density at radius 1 is 1.47 bits per heavy atom. The zero-order valence-corrected chi connectivity index (χ0v) is 10.3. The van der Waals surface area contributed by atoms with Gasteiger partial charge in [0, 0.05) is 32.2 Å². The Morgan fingerprint density at radius 2 is 2.27 bits per heavy atom. The minimum atomic E-state index is 0.113. The van der Waals surface area contributed by atoms with Crippen molar-refractivity contribution in [2.45, 2.75) is 51.4 Å². The molecule has 0 radical (unpaired) electrons. The van der Waals surface area contributed by atoms with Gasteiger partial charge in [0.1, 0.15) is 0 Å². The summed E-state index contributed by atoms with van der Waals surface area (Å²) in [4.78, 5) is 2.56. The molecule has 2 aliphatic rings. The molecular formula is C12H24N2O. The van der Waals surface area contributed by atoms with Crippen LogP contribution >= 0.6 is 0 Å². The van der Waals surface area contributed by atoms with Gasteiger partial charge in [-0.25, -0.2) is 0 Å². The highest BCUT2D eigenvalue weighted by atomic mass is 16.5. The predicted molar refractivity (Wildman–Crippen MR) is 62.1 cm³/mol. The first-order valence-corrected chi connectivity index (χ1v) is 6.19. The fourth-order valence-corrected chi connectivity index (χ4v) is 2.62. The van der Waals surface area contributed by atoms with Crippen LogP contribution in [-0.2, 0) is 4.74 Å². The van der Waals surface area contributed by atoms with Crippen molar-refractivity contribution in [1.29, 1.82) is 0 Å². The summed E-state index contributed by atoms with van der Waals surface area (Å²) in [6.45, 7) is 11.2. The van der Waals surface area contributed by atoms with Gasteiger partial charge in [0.2, 0.25) is 0 Å². The Kier molecular flexibility index (Phi) is 3.33. The van der Waals surface area contributed by atoms with Gasteiger partial charge in [0.05, 0.1) is 11.7 Å². The summed E-state index contributed by atoms with van der Waals surface area (Å²) in [5, 5.41) is 3.42. The molecule has 2 saturated heterocycles. The third-order valence-electron chi connectivity index (χ3n) is 3.63. The number of hydrogen-bond acceptors (Lipinski definition) is 3. The van der Waals surface area contributed by atoms with E-state index < -0.39 is 0 Å². The molecule has 0 saturated carbocycles. The van der Waals surface area contributed by atoms with E-state index in [1.807, 2.05) is 0 Å². The molecule has 2 atom stereocenters. The van der Waals surface area contributed by atoms with E-state index >= 15 is 0 Å². The Balaban J connectivity index is 1.81. The fraction of sp³-hybridized carbons (Fsp3) is 1.00. The van der Waals surface area contributed by atoms with Crippen molar-refractivity contribution in [2.24, 2.45) is 0 Å². The zero-order chi connectivity index (χ0) is 10.9. The van der Waals surface area contributed by atoms with Crippen LogP contribution in [0.5, 0.6) is 0 Å². The number of hydrogen-bond donors (Lipinski definition) is 1. The molecule has 0 amide bonds. The first kappa shape index (κ1) is 11.4. The zero-order valence-electron chi connectivity index (χ0n) is 10.3. The first-order chi connectivity index (χ1) is 7.07. The predicted octanol–water partition coefficient (Wildman–Crippen LogP) is 1.24. The first-order valence-electron chi connectivity index (χ1n) is 6.19. The third-order valence-corrected chi connectivity index (χ3v) is 3.63. The largest absolute Gasteiger partial charge is 0.371 e. The monoisotopic (exact) mass is 212 g/mol. The van der Waals surface area contributed by atoms with Gasteiger partial charge >= 0.3 is 0 Å². The lowest BCUT2D eigenvalue weighted by Gasteiger charge is -2.35. The molecule has 0 aromatic rings. The number of piperazine rings is 1. The summed E-state index contributed by atoms with van der Waals surface area (Å²) < 4.78 is 6.04. The lowest BCUT2D eigenvalue weighted by molar-refractivity contribution is -0.0348. The molecule has 2 aliphatic heterocycles. The maximum absolute atomic E-state index is 6.04. The molecular weight excluding hydrogens is 188 g/mol. The molecule has 2 rings (SSSR count). The maximum Gasteiger partial charge on any atom is 0.0710 e. The van der Waals surface area contributed by atoms with Crippen LogP contribution in [0.15, 0.2) is 0 Å². The molecule has 0 aromatic carbocycles. The second kappa shape index (κ2) is 4.40. The molecule has 3 heteroatoms. The highest BCUT2D eigenvalue weighted by molar-refractivity contribution is 4.85. The van der Waals surface area contributed by atoms with Gasteiger partial charge in [-0.05, 0) is 33.6 Å². The van der Waals surface area contributed by atoms with Crippen molar-refractivity contribution >= 4 is 0 Å². The summed E-state index contributed by atoms with van der Waals surface area (Å²) in [6, 6.07) is 0.658. The molecule has 0 aliphatic carbocycles. The van der Waals surface area contributed by atoms with Crippen molar-refractivity contribution in [2.75, 3.05) is 26.2 Å². The van der Waals surface area contributed by atoms with Crippen LogP contribution in [0.3, 0.4) is 0 Å². The van der Waals surface area contributed by atoms with Crippen molar-refractivity contribution in [3.8, 4) is 0 Å². The highest BCUT2D eigenvalue weighted by Crippen LogP contribution is 2.29. The number of ether oxygens (including phenoxy) is 1. The van der Waals surface area contributed by atoms with Crippen LogP contribution in [0, 0.1) is 0 Å². The van der Waals surface area contributed by atoms with Crippen LogP contribution in [0.25, 0.3) is 0 Å². The number of rotatable bonds is 2. The van der Waals surface area contributed by atoms with Gasteiger partial charge < -0.3 is 10.1 Å². The van der Waals surface area contributed by atoms with Gasteiger partial charge in [0.25, 0.3) is 0 Å². The van der Waals surface area contributed by atoms with Crippen molar-refractivity contribution in [3.05, 3.63) is 0 Å². The Bertz CT molecular complexity index is 218. The highest BCUT2D eigenvalue weighted by Gasteiger charge is 2.33. The van der Waals surface area contributed by atoms with E-state index in [4.69, 9.17) is 4.74 Å². The van der Waals surface area contributed by atoms with Crippen LogP contribution in [0.2, 0.25) is 0 Å². The molecule has 0 aromatic heterocycles. The molecule has 3 nitrogen and oxygen atoms in total. The Morgan fingerprint density at radius 3 is 2.87 bits per heavy atom. The van der Waals surface area contributed by atoms with E-state index in [9.17, 15) is 0 Å². The smallest absolute Gasteiger partial charge is 0.0710 e. The second-order valence-electron chi connectivity index (χ2n) is 5.59. The minimum absolute atomic E-state index is 0.113. The summed E-state index contributed by atoms with van der Waals surface area (Å²) in [5.41, 5.74) is 0.113. The Labute approximate surface area is 93.2 Å². The summed E-state index contributed by atoms with van der Waals surface area (Å²) in [6.07, 6.45) is 2.89. The van der Waals surface area contributed by atoms with Gasteiger partial charge in [-0.2, -0.15) is 0 Å². The van der Waals surface area contributed by atoms with Gasteiger partial charge in [-0.15, -0.1) is 0 Å². The van der Waals surface area contributed by atoms with E-state index in [0.29, 0.717) is 12.1 Å². The molecule has 0 spiro atoms. The lowest BCUT2D eigenvalue weighted by Crippen LogP contribution is -2.52. The minimum Gasteiger partial charge on any atom is -0.371 e. The van der Waals surface area contributed by atoms with E-state index in [0.717, 1.165) is 19.6 Å². The standard InChI is InChI=1S/C12H24N2O/c1-10-8-13-6-7-14(10)9-11-4-5-12(2,3)15-11/h10-11,13H,4-9H2,1-3H3. The third kappa shape index (κ3) is 2.92. The quantitative estimate of drug-likeness (QED) is 0.745. The van der Waals surface area contributed by atoms with Crippen LogP contribution in [-0.4, -0.2) is 48.8 Å². The summed E-state index contributed by atoms with van der Waals surface area (Å²) >= 11 is 0. The van der Waals surface area contributed by atoms with Crippen LogP contribution < -0.4 is 5.32 Å². The lowest BCUT2D eigenvalue weighted by atomic mass is 10.1. The van der Waals surface area contributed by atoms with Gasteiger partial charge in [0.15, 0.2) is 0 Å². The average molecular weight is 212 g/mol. The van der Waals surface area contributed by atoms with Crippen LogP contribution in [0.1, 0.15) is 33.6 Å². The topological polar surface area (TPSA) is 24.5 Å². The SMILES string of the molecule is CC1CNCCN1CC1CCC(C)(C)O1. The van der Waals surface area contributed by atoms with Crippen molar-refractivity contribution in [3.63, 3.8) is 0 Å². The van der Waals surface area contributed by atoms with Crippen molar-refractivity contribution in [1.82, 2.24) is 10.2 Å². The molecule has 15 heavy (non-hydrogen) atoms. The molecule has 1 N–H and O–H groups in total.